The number of allylic oxidation sites excluding steroid dienone is 1. The van der Waals surface area contributed by atoms with Crippen molar-refractivity contribution in [1.29, 1.82) is 0 Å². The van der Waals surface area contributed by atoms with E-state index in [4.69, 9.17) is 19.2 Å². The van der Waals surface area contributed by atoms with Crippen molar-refractivity contribution in [3.8, 4) is 0 Å². The fourth-order valence-corrected chi connectivity index (χ4v) is 3.01. The van der Waals surface area contributed by atoms with Gasteiger partial charge in [0, 0.05) is 21.4 Å². The Kier molecular flexibility index (Phi) is 18.5. The van der Waals surface area contributed by atoms with E-state index >= 15 is 0 Å². The molecular weight excluding hydrogens is 436 g/mol. The molecule has 0 spiro atoms. The predicted molar refractivity (Wildman–Crippen MR) is 122 cm³/mol. The van der Waals surface area contributed by atoms with Crippen molar-refractivity contribution in [3.63, 3.8) is 0 Å². The molecule has 0 heterocycles. The van der Waals surface area contributed by atoms with E-state index in [0.717, 1.165) is 15.4 Å². The Balaban J connectivity index is 0. The summed E-state index contributed by atoms with van der Waals surface area (Å²) in [5.74, 6) is 0.203. The lowest BCUT2D eigenvalue weighted by atomic mass is 10.1. The maximum absolute atomic E-state index is 11.8. The fraction of sp³-hybridized carbons (Fsp3) is 0.217. The van der Waals surface area contributed by atoms with Crippen molar-refractivity contribution in [2.45, 2.75) is 20.8 Å². The fourth-order valence-electron chi connectivity index (χ4n) is 1.90. The zero-order valence-corrected chi connectivity index (χ0v) is 19.6. The topological polar surface area (TPSA) is 102 Å². The molecule has 2 rings (SSSR count). The first-order valence-electron chi connectivity index (χ1n) is 8.67. The molecule has 0 aromatic heterocycles. The molecule has 2 aromatic rings. The van der Waals surface area contributed by atoms with E-state index in [1.807, 2.05) is 74.9 Å². The van der Waals surface area contributed by atoms with Crippen LogP contribution in [-0.2, 0) is 19.2 Å². The molecule has 0 N–H and O–H groups in total. The summed E-state index contributed by atoms with van der Waals surface area (Å²) in [6, 6.07) is 15.2. The van der Waals surface area contributed by atoms with Crippen LogP contribution in [0.25, 0.3) is 0 Å². The number of benzene rings is 2. The first-order valence-corrected chi connectivity index (χ1v) is 11.1. The Hall–Kier alpha value is -3.02. The van der Waals surface area contributed by atoms with Gasteiger partial charge in [-0.1, -0.05) is 59.7 Å². The summed E-state index contributed by atoms with van der Waals surface area (Å²) >= 11 is 3.20. The van der Waals surface area contributed by atoms with Crippen molar-refractivity contribution in [3.05, 3.63) is 81.1 Å². The summed E-state index contributed by atoms with van der Waals surface area (Å²) in [5.41, 5.74) is 3.89. The van der Waals surface area contributed by atoms with Gasteiger partial charge in [-0.15, -0.1) is 23.5 Å². The van der Waals surface area contributed by atoms with Crippen LogP contribution in [-0.4, -0.2) is 36.4 Å². The van der Waals surface area contributed by atoms with Gasteiger partial charge in [-0.2, -0.15) is 19.2 Å². The van der Waals surface area contributed by atoms with E-state index in [1.54, 1.807) is 36.5 Å². The number of ketones is 2. The maximum Gasteiger partial charge on any atom is 0.373 e. The lowest BCUT2D eigenvalue weighted by molar-refractivity contribution is -0.193. The molecule has 31 heavy (non-hydrogen) atoms. The molecule has 0 amide bonds. The van der Waals surface area contributed by atoms with Crippen molar-refractivity contribution in [1.82, 2.24) is 0 Å². The largest absolute Gasteiger partial charge is 0.373 e. The van der Waals surface area contributed by atoms with E-state index in [0.29, 0.717) is 0 Å². The molecule has 0 atom stereocenters. The third-order valence-corrected chi connectivity index (χ3v) is 5.49. The van der Waals surface area contributed by atoms with Gasteiger partial charge >= 0.3 is 12.3 Å². The summed E-state index contributed by atoms with van der Waals surface area (Å²) < 4.78 is 1.04. The Labute approximate surface area is 190 Å². The minimum absolute atomic E-state index is 0.0775. The molecule has 8 heteroatoms. The van der Waals surface area contributed by atoms with Gasteiger partial charge in [-0.25, -0.2) is 0 Å². The van der Waals surface area contributed by atoms with Crippen LogP contribution >= 0.6 is 23.5 Å². The second-order valence-electron chi connectivity index (χ2n) is 5.69. The molecule has 0 aliphatic carbocycles. The van der Waals surface area contributed by atoms with Crippen LogP contribution in [0.3, 0.4) is 0 Å². The summed E-state index contributed by atoms with van der Waals surface area (Å²) in [5, 5.41) is 0. The van der Waals surface area contributed by atoms with Crippen molar-refractivity contribution in [2.24, 2.45) is 0 Å². The highest BCUT2D eigenvalue weighted by Gasteiger charge is 2.03. The number of hydrogen-bond acceptors (Lipinski definition) is 8. The third-order valence-electron chi connectivity index (χ3n) is 3.45. The Morgan fingerprint density at radius 2 is 1.03 bits per heavy atom. The van der Waals surface area contributed by atoms with Crippen LogP contribution in [0.15, 0.2) is 58.8 Å². The van der Waals surface area contributed by atoms with Gasteiger partial charge in [0.2, 0.25) is 0 Å². The smallest absolute Gasteiger partial charge is 0.295 e. The van der Waals surface area contributed by atoms with Crippen LogP contribution in [0, 0.1) is 13.8 Å². The summed E-state index contributed by atoms with van der Waals surface area (Å²) in [4.78, 5) is 55.0. The number of rotatable bonds is 5. The van der Waals surface area contributed by atoms with Gasteiger partial charge in [-0.05, 0) is 33.3 Å². The van der Waals surface area contributed by atoms with Gasteiger partial charge in [0.05, 0.1) is 0 Å². The average molecular weight is 461 g/mol. The number of carbonyl (C=O) groups is 2. The second-order valence-corrected chi connectivity index (χ2v) is 7.65. The first kappa shape index (κ1) is 30.2. The molecule has 2 aromatic carbocycles. The average Bonchev–Trinajstić information content (AvgIpc) is 2.74. The standard InChI is InChI=1S/C12H14OS2.C9H10O.2CO2/c1-9-4-6-10(7-5-9)11(13)8-12(14-2)15-3;1-7-3-5-9(6-4-7)8(2)10;2*2-1-3/h4-8H,1-3H3;3-6H,1-2H3;;. The zero-order chi connectivity index (χ0) is 24.2. The molecule has 0 unspecified atom stereocenters. The van der Waals surface area contributed by atoms with Crippen LogP contribution in [0.2, 0.25) is 0 Å². The minimum atomic E-state index is 0.0775. The van der Waals surface area contributed by atoms with E-state index < -0.39 is 0 Å². The monoisotopic (exact) mass is 460 g/mol. The highest BCUT2D eigenvalue weighted by atomic mass is 32.2. The number of aryl methyl sites for hydroxylation is 2. The number of Topliss-reactive ketones (excluding diaryl/α,β-unsaturated/α-hetero) is 1. The van der Waals surface area contributed by atoms with Gasteiger partial charge < -0.3 is 0 Å². The Bertz CT molecular complexity index is 886. The predicted octanol–water partition coefficient (Wildman–Crippen LogP) is 4.78. The molecule has 0 radical (unpaired) electrons. The van der Waals surface area contributed by atoms with Crippen LogP contribution in [0.4, 0.5) is 0 Å². The Morgan fingerprint density at radius 1 is 0.710 bits per heavy atom. The van der Waals surface area contributed by atoms with Crippen molar-refractivity contribution in [2.75, 3.05) is 12.5 Å². The number of carbonyl (C=O) groups excluding carboxylic acids is 6. The minimum Gasteiger partial charge on any atom is -0.295 e. The number of hydrogen-bond donors (Lipinski definition) is 0. The highest BCUT2D eigenvalue weighted by molar-refractivity contribution is 8.21. The normalized spacial score (nSPS) is 8.29. The highest BCUT2D eigenvalue weighted by Crippen LogP contribution is 2.23. The van der Waals surface area contributed by atoms with E-state index in [2.05, 4.69) is 0 Å². The third kappa shape index (κ3) is 15.5. The van der Waals surface area contributed by atoms with Gasteiger partial charge in [-0.3, -0.25) is 9.59 Å². The van der Waals surface area contributed by atoms with Gasteiger partial charge in [0.15, 0.2) is 11.6 Å². The molecule has 0 aliphatic rings. The second kappa shape index (κ2) is 19.0. The summed E-state index contributed by atoms with van der Waals surface area (Å²) in [6.45, 7) is 5.59. The van der Waals surface area contributed by atoms with E-state index in [1.165, 1.54) is 11.1 Å². The zero-order valence-electron chi connectivity index (χ0n) is 18.0. The Morgan fingerprint density at radius 3 is 1.32 bits per heavy atom. The lowest BCUT2D eigenvalue weighted by Gasteiger charge is -2.00. The van der Waals surface area contributed by atoms with Crippen LogP contribution in [0.5, 0.6) is 0 Å². The molecule has 164 valence electrons. The molecule has 6 nitrogen and oxygen atoms in total. The van der Waals surface area contributed by atoms with Gasteiger partial charge in [0.1, 0.15) is 0 Å². The quantitative estimate of drug-likeness (QED) is 0.464. The van der Waals surface area contributed by atoms with E-state index in [9.17, 15) is 9.59 Å². The van der Waals surface area contributed by atoms with Crippen LogP contribution < -0.4 is 0 Å². The lowest BCUT2D eigenvalue weighted by Crippen LogP contribution is -1.94. The van der Waals surface area contributed by atoms with Crippen LogP contribution in [0.1, 0.15) is 38.8 Å². The SMILES string of the molecule is CC(=O)c1ccc(C)cc1.CSC(=CC(=O)c1ccc(C)cc1)SC.O=C=O.O=C=O. The van der Waals surface area contributed by atoms with Gasteiger partial charge in [0.25, 0.3) is 0 Å². The molecule has 0 saturated heterocycles. The molecule has 0 aliphatic heterocycles. The molecular formula is C23H24O6S2. The van der Waals surface area contributed by atoms with Crippen molar-refractivity contribution >= 4 is 47.4 Å². The molecule has 0 saturated carbocycles. The van der Waals surface area contributed by atoms with E-state index in [-0.39, 0.29) is 23.9 Å². The number of thioether (sulfide) groups is 2. The summed E-state index contributed by atoms with van der Waals surface area (Å²) in [7, 11) is 0. The summed E-state index contributed by atoms with van der Waals surface area (Å²) in [6.07, 6.45) is 6.15. The maximum atomic E-state index is 11.8. The first-order chi connectivity index (χ1) is 14.7. The molecule has 0 bridgehead atoms. The van der Waals surface area contributed by atoms with Crippen molar-refractivity contribution < 1.29 is 28.8 Å². The molecule has 0 fully saturated rings.